The summed E-state index contributed by atoms with van der Waals surface area (Å²) in [4.78, 5) is 1.95. The van der Waals surface area contributed by atoms with Crippen LogP contribution in [-0.2, 0) is 0 Å². The quantitative estimate of drug-likeness (QED) is 0.922. The first kappa shape index (κ1) is 18.5. The van der Waals surface area contributed by atoms with Crippen molar-refractivity contribution in [3.8, 4) is 0 Å². The minimum absolute atomic E-state index is 0. The van der Waals surface area contributed by atoms with E-state index < -0.39 is 24.4 Å². The molecule has 1 atom stereocenters. The lowest BCUT2D eigenvalue weighted by Crippen LogP contribution is -2.45. The molecule has 1 aromatic carbocycles. The average Bonchev–Trinajstić information content (AvgIpc) is 2.36. The van der Waals surface area contributed by atoms with E-state index in [1.54, 1.807) is 0 Å². The summed E-state index contributed by atoms with van der Waals surface area (Å²) in [6.07, 6.45) is 0. The molecule has 1 aromatic rings. The van der Waals surface area contributed by atoms with Crippen LogP contribution >= 0.6 is 24.8 Å². The first-order chi connectivity index (χ1) is 8.22. The van der Waals surface area contributed by atoms with Crippen molar-refractivity contribution >= 4 is 24.8 Å². The van der Waals surface area contributed by atoms with E-state index >= 15 is 0 Å². The fourth-order valence-electron chi connectivity index (χ4n) is 2.11. The second-order valence-electron chi connectivity index (χ2n) is 4.13. The van der Waals surface area contributed by atoms with Crippen molar-refractivity contribution in [1.29, 1.82) is 0 Å². The summed E-state index contributed by atoms with van der Waals surface area (Å²) in [5.41, 5.74) is 0.494. The molecule has 0 aromatic heterocycles. The Labute approximate surface area is 123 Å². The summed E-state index contributed by atoms with van der Waals surface area (Å²) in [7, 11) is 0. The first-order valence-corrected chi connectivity index (χ1v) is 5.68. The van der Waals surface area contributed by atoms with Crippen LogP contribution in [0.2, 0.25) is 0 Å². The van der Waals surface area contributed by atoms with Gasteiger partial charge in [0.25, 0.3) is 0 Å². The zero-order chi connectivity index (χ0) is 12.3. The first-order valence-electron chi connectivity index (χ1n) is 5.68. The van der Waals surface area contributed by atoms with Gasteiger partial charge in [-0.05, 0) is 17.7 Å². The zero-order valence-electron chi connectivity index (χ0n) is 10.2. The predicted molar refractivity (Wildman–Crippen MR) is 74.0 cm³/mol. The lowest BCUT2D eigenvalue weighted by Gasteiger charge is -2.33. The molecule has 2 rings (SSSR count). The molecule has 1 fully saturated rings. The number of piperazine rings is 1. The van der Waals surface area contributed by atoms with Crippen LogP contribution in [0.3, 0.4) is 0 Å². The van der Waals surface area contributed by atoms with Crippen molar-refractivity contribution in [3.05, 3.63) is 35.4 Å². The van der Waals surface area contributed by atoms with Crippen molar-refractivity contribution < 1.29 is 13.2 Å². The van der Waals surface area contributed by atoms with Gasteiger partial charge >= 0.3 is 0 Å². The largest absolute Gasteiger partial charge is 0.314 e. The summed E-state index contributed by atoms with van der Waals surface area (Å²) in [5.74, 6) is -1.82. The third-order valence-corrected chi connectivity index (χ3v) is 3.07. The van der Waals surface area contributed by atoms with Crippen molar-refractivity contribution in [2.75, 3.05) is 32.9 Å². The number of halogens is 5. The van der Waals surface area contributed by atoms with E-state index in [0.29, 0.717) is 18.7 Å². The van der Waals surface area contributed by atoms with E-state index in [4.69, 9.17) is 0 Å². The van der Waals surface area contributed by atoms with E-state index in [1.807, 2.05) is 4.90 Å². The molecule has 0 unspecified atom stereocenters. The molecule has 1 aliphatic heterocycles. The third kappa shape index (κ3) is 4.53. The van der Waals surface area contributed by atoms with Crippen molar-refractivity contribution in [1.82, 2.24) is 10.2 Å². The lowest BCUT2D eigenvalue weighted by atomic mass is 10.1. The smallest absolute Gasteiger partial charge is 0.159 e. The maximum atomic E-state index is 13.1. The van der Waals surface area contributed by atoms with Crippen LogP contribution in [-0.4, -0.2) is 37.8 Å². The fraction of sp³-hybridized carbons (Fsp3) is 0.500. The Bertz CT molecular complexity index is 387. The number of hydrogen-bond donors (Lipinski definition) is 1. The van der Waals surface area contributed by atoms with Gasteiger partial charge in [0, 0.05) is 26.2 Å². The lowest BCUT2D eigenvalue weighted by molar-refractivity contribution is 0.147. The van der Waals surface area contributed by atoms with Gasteiger partial charge in [0.05, 0.1) is 6.04 Å². The number of nitrogens with zero attached hydrogens (tertiary/aromatic N) is 1. The summed E-state index contributed by atoms with van der Waals surface area (Å²) >= 11 is 0. The van der Waals surface area contributed by atoms with Crippen LogP contribution in [0, 0.1) is 11.6 Å². The standard InChI is InChI=1S/C12H15F3N2.2ClH/c13-8-12(17-5-3-16-4-6-17)9-1-2-10(14)11(15)7-9;;/h1-2,7,12,16H,3-6,8H2;2*1H/t12-;;/m0../s1. The van der Waals surface area contributed by atoms with Crippen molar-refractivity contribution in [3.63, 3.8) is 0 Å². The minimum atomic E-state index is -0.920. The molecule has 0 saturated carbocycles. The number of rotatable bonds is 3. The zero-order valence-corrected chi connectivity index (χ0v) is 11.9. The van der Waals surface area contributed by atoms with Crippen molar-refractivity contribution in [2.45, 2.75) is 6.04 Å². The number of benzene rings is 1. The molecule has 1 N–H and O–H groups in total. The molecule has 0 aliphatic carbocycles. The van der Waals surface area contributed by atoms with Crippen LogP contribution in [0.4, 0.5) is 13.2 Å². The molecule has 0 radical (unpaired) electrons. The second-order valence-corrected chi connectivity index (χ2v) is 4.13. The minimum Gasteiger partial charge on any atom is -0.314 e. The Morgan fingerprint density at radius 2 is 1.74 bits per heavy atom. The van der Waals surface area contributed by atoms with Gasteiger partial charge in [0.15, 0.2) is 11.6 Å². The van der Waals surface area contributed by atoms with Crippen LogP contribution in [0.1, 0.15) is 11.6 Å². The topological polar surface area (TPSA) is 15.3 Å². The van der Waals surface area contributed by atoms with E-state index in [-0.39, 0.29) is 24.8 Å². The normalized spacial score (nSPS) is 17.2. The molecular formula is C12H17Cl2F3N2. The number of nitrogens with one attached hydrogen (secondary N) is 1. The van der Waals surface area contributed by atoms with Gasteiger partial charge in [0.2, 0.25) is 0 Å². The highest BCUT2D eigenvalue weighted by molar-refractivity contribution is 5.85. The Hall–Kier alpha value is -0.490. The van der Waals surface area contributed by atoms with Crippen LogP contribution in [0.15, 0.2) is 18.2 Å². The van der Waals surface area contributed by atoms with Crippen LogP contribution in [0.25, 0.3) is 0 Å². The summed E-state index contributed by atoms with van der Waals surface area (Å²) in [6.45, 7) is 2.42. The van der Waals surface area contributed by atoms with Crippen LogP contribution in [0.5, 0.6) is 0 Å². The molecule has 1 saturated heterocycles. The highest BCUT2D eigenvalue weighted by atomic mass is 35.5. The molecule has 2 nitrogen and oxygen atoms in total. The Morgan fingerprint density at radius 1 is 1.11 bits per heavy atom. The molecular weight excluding hydrogens is 300 g/mol. The van der Waals surface area contributed by atoms with E-state index in [0.717, 1.165) is 25.2 Å². The Kier molecular flexibility index (Phi) is 8.41. The van der Waals surface area contributed by atoms with Crippen molar-refractivity contribution in [2.24, 2.45) is 0 Å². The predicted octanol–water partition coefficient (Wildman–Crippen LogP) is 2.72. The van der Waals surface area contributed by atoms with Gasteiger partial charge in [-0.1, -0.05) is 6.07 Å². The van der Waals surface area contributed by atoms with Gasteiger partial charge in [-0.15, -0.1) is 24.8 Å². The maximum Gasteiger partial charge on any atom is 0.159 e. The second kappa shape index (κ2) is 8.64. The van der Waals surface area contributed by atoms with Gasteiger partial charge < -0.3 is 5.32 Å². The monoisotopic (exact) mass is 316 g/mol. The Morgan fingerprint density at radius 3 is 2.26 bits per heavy atom. The summed E-state index contributed by atoms with van der Waals surface area (Å²) < 4.78 is 39.0. The molecule has 110 valence electrons. The molecule has 0 bridgehead atoms. The van der Waals surface area contributed by atoms with Gasteiger partial charge in [-0.2, -0.15) is 0 Å². The Balaban J connectivity index is 0.00000162. The molecule has 1 heterocycles. The van der Waals surface area contributed by atoms with Gasteiger partial charge in [0.1, 0.15) is 6.67 Å². The summed E-state index contributed by atoms with van der Waals surface area (Å²) in [6, 6.07) is 3.11. The SMILES string of the molecule is Cl.Cl.FC[C@@H](c1ccc(F)c(F)c1)N1CCNCC1. The summed E-state index contributed by atoms with van der Waals surface area (Å²) in [5, 5.41) is 3.17. The molecule has 1 aliphatic rings. The number of hydrogen-bond acceptors (Lipinski definition) is 2. The molecule has 0 amide bonds. The van der Waals surface area contributed by atoms with E-state index in [1.165, 1.54) is 6.07 Å². The van der Waals surface area contributed by atoms with Crippen LogP contribution < -0.4 is 5.32 Å². The molecule has 0 spiro atoms. The highest BCUT2D eigenvalue weighted by Crippen LogP contribution is 2.23. The average molecular weight is 317 g/mol. The highest BCUT2D eigenvalue weighted by Gasteiger charge is 2.22. The van der Waals surface area contributed by atoms with E-state index in [2.05, 4.69) is 5.32 Å². The maximum absolute atomic E-state index is 13.1. The fourth-order valence-corrected chi connectivity index (χ4v) is 2.11. The third-order valence-electron chi connectivity index (χ3n) is 3.07. The van der Waals surface area contributed by atoms with E-state index in [9.17, 15) is 13.2 Å². The number of alkyl halides is 1. The van der Waals surface area contributed by atoms with Gasteiger partial charge in [-0.3, -0.25) is 4.90 Å². The molecule has 7 heteroatoms. The molecule has 19 heavy (non-hydrogen) atoms. The van der Waals surface area contributed by atoms with Gasteiger partial charge in [-0.25, -0.2) is 13.2 Å².